The normalized spacial score (nSPS) is 11.6. The zero-order valence-corrected chi connectivity index (χ0v) is 9.70. The number of aliphatic carboxylic acids is 1. The maximum Gasteiger partial charge on any atom is 0.405 e. The lowest BCUT2D eigenvalue weighted by Gasteiger charge is -2.20. The molecule has 1 amide bonds. The van der Waals surface area contributed by atoms with Crippen LogP contribution in [0, 0.1) is 0 Å². The fraction of sp³-hybridized carbons (Fsp3) is 0.200. The van der Waals surface area contributed by atoms with Crippen LogP contribution in [0.1, 0.15) is 11.6 Å². The number of hydrogen-bond donors (Lipinski definition) is 4. The van der Waals surface area contributed by atoms with E-state index in [1.807, 2.05) is 5.32 Å². The van der Waals surface area contributed by atoms with Gasteiger partial charge in [0.15, 0.2) is 6.10 Å². The molecule has 0 aliphatic rings. The van der Waals surface area contributed by atoms with Crippen molar-refractivity contribution in [2.75, 3.05) is 0 Å². The lowest BCUT2D eigenvalue weighted by molar-refractivity contribution is -0.148. The highest BCUT2D eigenvalue weighted by atomic mass is 16.4. The minimum atomic E-state index is -1.82. The van der Waals surface area contributed by atoms with Gasteiger partial charge in [0.05, 0.1) is 6.04 Å². The van der Waals surface area contributed by atoms with E-state index in [9.17, 15) is 14.7 Å². The van der Waals surface area contributed by atoms with E-state index in [0.717, 1.165) is 0 Å². The summed E-state index contributed by atoms with van der Waals surface area (Å²) in [5.41, 5.74) is 0.389. The van der Waals surface area contributed by atoms with Gasteiger partial charge >= 0.3 is 12.1 Å². The zero-order chi connectivity index (χ0) is 12.1. The summed E-state index contributed by atoms with van der Waals surface area (Å²) in [5, 5.41) is 28.5. The molecule has 0 heterocycles. The molecule has 2 atom stereocenters. The summed E-state index contributed by atoms with van der Waals surface area (Å²) in [6, 6.07) is 6.84. The molecular weight excluding hydrogens is 262 g/mol. The molecule has 0 saturated heterocycles. The predicted octanol–water partition coefficient (Wildman–Crippen LogP) is -2.03. The molecule has 0 aliphatic heterocycles. The van der Waals surface area contributed by atoms with Crippen molar-refractivity contribution in [3.05, 3.63) is 35.9 Å². The van der Waals surface area contributed by atoms with E-state index in [1.165, 1.54) is 12.1 Å². The summed E-state index contributed by atoms with van der Waals surface area (Å²) in [4.78, 5) is 21.1. The average molecular weight is 279 g/mol. The van der Waals surface area contributed by atoms with Crippen molar-refractivity contribution < 1.29 is 41.3 Å². The third-order valence-corrected chi connectivity index (χ3v) is 2.01. The van der Waals surface area contributed by atoms with E-state index in [0.29, 0.717) is 5.56 Å². The van der Waals surface area contributed by atoms with E-state index in [2.05, 4.69) is 0 Å². The first-order chi connectivity index (χ1) is 7.52. The average Bonchev–Trinajstić information content (AvgIpc) is 2.26. The molecule has 1 aromatic carbocycles. The van der Waals surface area contributed by atoms with Crippen LogP contribution in [0.25, 0.3) is 0 Å². The van der Waals surface area contributed by atoms with Gasteiger partial charge in [-0.15, -0.1) is 0 Å². The van der Waals surface area contributed by atoms with E-state index < -0.39 is 24.2 Å². The molecule has 110 valence electrons. The minimum Gasteiger partial charge on any atom is -0.479 e. The Morgan fingerprint density at radius 3 is 1.84 bits per heavy atom. The van der Waals surface area contributed by atoms with Gasteiger partial charge in [0, 0.05) is 0 Å². The van der Waals surface area contributed by atoms with Crippen LogP contribution in [0.15, 0.2) is 30.3 Å². The highest BCUT2D eigenvalue weighted by molar-refractivity contribution is 5.75. The number of nitrogens with one attached hydrogen (secondary N) is 1. The first kappa shape index (κ1) is 22.0. The Labute approximate surface area is 108 Å². The van der Waals surface area contributed by atoms with Crippen LogP contribution >= 0.6 is 0 Å². The van der Waals surface area contributed by atoms with Crippen molar-refractivity contribution in [3.8, 4) is 0 Å². The molecule has 10 N–H and O–H groups in total. The summed E-state index contributed by atoms with van der Waals surface area (Å²) >= 11 is 0. The summed E-state index contributed by atoms with van der Waals surface area (Å²) < 4.78 is 0. The quantitative estimate of drug-likeness (QED) is 0.490. The molecule has 9 nitrogen and oxygen atoms in total. The molecule has 0 bridgehead atoms. The van der Waals surface area contributed by atoms with Crippen molar-refractivity contribution >= 4 is 12.1 Å². The highest BCUT2D eigenvalue weighted by Crippen LogP contribution is 2.16. The Morgan fingerprint density at radius 2 is 1.47 bits per heavy atom. The first-order valence-electron chi connectivity index (χ1n) is 4.47. The fourth-order valence-electron chi connectivity index (χ4n) is 1.28. The smallest absolute Gasteiger partial charge is 0.405 e. The van der Waals surface area contributed by atoms with E-state index in [1.54, 1.807) is 18.2 Å². The highest BCUT2D eigenvalue weighted by Gasteiger charge is 2.28. The number of aliphatic hydroxyl groups is 1. The van der Waals surface area contributed by atoms with Crippen LogP contribution in [0.4, 0.5) is 4.79 Å². The molecule has 0 aliphatic carbocycles. The molecule has 1 rings (SSSR count). The van der Waals surface area contributed by atoms with E-state index >= 15 is 0 Å². The number of benzene rings is 1. The third kappa shape index (κ3) is 6.33. The number of carboxylic acids is 1. The summed E-state index contributed by atoms with van der Waals surface area (Å²) in [6.07, 6.45) is -3.22. The molecule has 0 saturated carbocycles. The SMILES string of the molecule is O.O.O.O=C(O)N[C@@H](c1ccccc1)[C@@H](O)C(=O)O. The van der Waals surface area contributed by atoms with Crippen LogP contribution in [0.2, 0.25) is 0 Å². The Bertz CT molecular complexity index is 382. The van der Waals surface area contributed by atoms with Gasteiger partial charge < -0.3 is 37.1 Å². The van der Waals surface area contributed by atoms with Gasteiger partial charge in [-0.2, -0.15) is 0 Å². The monoisotopic (exact) mass is 279 g/mol. The second-order valence-electron chi connectivity index (χ2n) is 3.12. The Hall–Kier alpha value is -2.20. The van der Waals surface area contributed by atoms with Crippen LogP contribution < -0.4 is 5.32 Å². The van der Waals surface area contributed by atoms with Crippen molar-refractivity contribution in [2.24, 2.45) is 0 Å². The summed E-state index contributed by atoms with van der Waals surface area (Å²) in [7, 11) is 0. The van der Waals surface area contributed by atoms with Crippen molar-refractivity contribution in [2.45, 2.75) is 12.1 Å². The molecule has 1 aromatic rings. The fourth-order valence-corrected chi connectivity index (χ4v) is 1.28. The van der Waals surface area contributed by atoms with Crippen LogP contribution in [0.5, 0.6) is 0 Å². The molecule has 0 unspecified atom stereocenters. The molecular formula is C10H17NO8. The molecule has 0 aromatic heterocycles. The number of aliphatic hydroxyl groups excluding tert-OH is 1. The van der Waals surface area contributed by atoms with Gasteiger partial charge in [0.25, 0.3) is 0 Å². The molecule has 9 heteroatoms. The maximum atomic E-state index is 10.6. The third-order valence-electron chi connectivity index (χ3n) is 2.01. The number of rotatable bonds is 4. The van der Waals surface area contributed by atoms with Gasteiger partial charge in [0.1, 0.15) is 0 Å². The topological polar surface area (TPSA) is 201 Å². The molecule has 19 heavy (non-hydrogen) atoms. The van der Waals surface area contributed by atoms with E-state index in [-0.39, 0.29) is 16.4 Å². The number of hydrogen-bond acceptors (Lipinski definition) is 3. The number of carboxylic acid groups (broad SMARTS) is 2. The van der Waals surface area contributed by atoms with Gasteiger partial charge in [0.2, 0.25) is 0 Å². The van der Waals surface area contributed by atoms with E-state index in [4.69, 9.17) is 10.2 Å². The van der Waals surface area contributed by atoms with Gasteiger partial charge in [-0.1, -0.05) is 30.3 Å². The predicted molar refractivity (Wildman–Crippen MR) is 64.8 cm³/mol. The molecule has 0 spiro atoms. The number of amides is 1. The first-order valence-corrected chi connectivity index (χ1v) is 4.47. The summed E-state index contributed by atoms with van der Waals surface area (Å²) in [5.74, 6) is -1.48. The van der Waals surface area contributed by atoms with Crippen molar-refractivity contribution in [1.82, 2.24) is 5.32 Å². The number of carbonyl (C=O) groups is 2. The Balaban J connectivity index is -0.000000853. The minimum absolute atomic E-state index is 0. The maximum absolute atomic E-state index is 10.6. The summed E-state index contributed by atoms with van der Waals surface area (Å²) in [6.45, 7) is 0. The lowest BCUT2D eigenvalue weighted by Crippen LogP contribution is -2.39. The Kier molecular flexibility index (Phi) is 11.3. The zero-order valence-electron chi connectivity index (χ0n) is 9.70. The second-order valence-corrected chi connectivity index (χ2v) is 3.12. The van der Waals surface area contributed by atoms with Gasteiger partial charge in [-0.25, -0.2) is 9.59 Å². The Morgan fingerprint density at radius 1 is 1.00 bits per heavy atom. The van der Waals surface area contributed by atoms with Gasteiger partial charge in [-0.3, -0.25) is 0 Å². The second kappa shape index (κ2) is 9.79. The van der Waals surface area contributed by atoms with Crippen molar-refractivity contribution in [1.29, 1.82) is 0 Å². The van der Waals surface area contributed by atoms with Crippen LogP contribution in [0.3, 0.4) is 0 Å². The van der Waals surface area contributed by atoms with Crippen LogP contribution in [-0.4, -0.2) is 49.9 Å². The lowest BCUT2D eigenvalue weighted by atomic mass is 10.0. The van der Waals surface area contributed by atoms with Crippen molar-refractivity contribution in [3.63, 3.8) is 0 Å². The largest absolute Gasteiger partial charge is 0.479 e. The molecule has 0 radical (unpaired) electrons. The standard InChI is InChI=1S/C10H11NO5.3H2O/c12-8(9(13)14)7(11-10(15)16)6-4-2-1-3-5-6;;;/h1-5,7-8,11-12H,(H,13,14)(H,15,16);3*1H2/t7-,8+;;;/m0.../s1. The van der Waals surface area contributed by atoms with Gasteiger partial charge in [-0.05, 0) is 5.56 Å². The van der Waals surface area contributed by atoms with Crippen LogP contribution in [-0.2, 0) is 4.79 Å². The molecule has 0 fully saturated rings.